The highest BCUT2D eigenvalue weighted by molar-refractivity contribution is 5.04. The van der Waals surface area contributed by atoms with Crippen molar-refractivity contribution in [1.29, 1.82) is 0 Å². The van der Waals surface area contributed by atoms with Crippen molar-refractivity contribution in [2.45, 2.75) is 25.3 Å². The van der Waals surface area contributed by atoms with E-state index in [4.69, 9.17) is 5.73 Å². The Morgan fingerprint density at radius 1 is 1.44 bits per heavy atom. The van der Waals surface area contributed by atoms with Gasteiger partial charge in [0.25, 0.3) is 0 Å². The van der Waals surface area contributed by atoms with Crippen LogP contribution in [-0.2, 0) is 0 Å². The van der Waals surface area contributed by atoms with Crippen LogP contribution >= 0.6 is 0 Å². The molecule has 0 bridgehead atoms. The minimum atomic E-state index is 0.468. The lowest BCUT2D eigenvalue weighted by Gasteiger charge is -2.27. The molecule has 0 amide bonds. The van der Waals surface area contributed by atoms with E-state index in [0.717, 1.165) is 19.5 Å². The zero-order chi connectivity index (χ0) is 6.32. The number of nitrogens with zero attached hydrogens (tertiary/aromatic N) is 1. The second-order valence-corrected chi connectivity index (χ2v) is 3.36. The van der Waals surface area contributed by atoms with E-state index in [1.165, 1.54) is 12.8 Å². The van der Waals surface area contributed by atoms with Crippen molar-refractivity contribution in [3.05, 3.63) is 0 Å². The number of hydrogen-bond acceptors (Lipinski definition) is 1. The maximum Gasteiger partial charge on any atom is 0.0204 e. The van der Waals surface area contributed by atoms with Gasteiger partial charge in [0, 0.05) is 19.1 Å². The summed E-state index contributed by atoms with van der Waals surface area (Å²) in [7, 11) is 0. The second kappa shape index (κ2) is 1.70. The number of hydrogen-bond donors (Lipinski definition) is 1. The van der Waals surface area contributed by atoms with Gasteiger partial charge in [-0.3, -0.25) is 0 Å². The van der Waals surface area contributed by atoms with Gasteiger partial charge in [-0.2, -0.15) is 0 Å². The Morgan fingerprint density at radius 3 is 2.67 bits per heavy atom. The molecule has 2 N–H and O–H groups in total. The zero-order valence-electron chi connectivity index (χ0n) is 5.64. The third-order valence-corrected chi connectivity index (χ3v) is 2.70. The fraction of sp³-hybridized carbons (Fsp3) is 1.00. The van der Waals surface area contributed by atoms with Crippen molar-refractivity contribution in [1.82, 2.24) is 5.32 Å². The lowest BCUT2D eigenvalue weighted by atomic mass is 9.91. The van der Waals surface area contributed by atoms with Gasteiger partial charge in [0.2, 0.25) is 0 Å². The molecule has 1 aliphatic carbocycles. The van der Waals surface area contributed by atoms with Crippen molar-refractivity contribution >= 4 is 0 Å². The Bertz CT molecular complexity index is 118. The Labute approximate surface area is 55.8 Å². The highest BCUT2D eigenvalue weighted by Crippen LogP contribution is 2.49. The largest absolute Gasteiger partial charge is 0.327 e. The number of rotatable bonds is 0. The maximum atomic E-state index is 5.92. The molecule has 2 fully saturated rings. The topological polar surface area (TPSA) is 40.1 Å². The molecule has 2 heteroatoms. The van der Waals surface area contributed by atoms with E-state index in [0.29, 0.717) is 11.5 Å². The van der Waals surface area contributed by atoms with E-state index < -0.39 is 0 Å². The van der Waals surface area contributed by atoms with Gasteiger partial charge >= 0.3 is 0 Å². The molecule has 1 saturated carbocycles. The lowest BCUT2D eigenvalue weighted by molar-refractivity contribution is 0.300. The Kier molecular flexibility index (Phi) is 1.08. The first-order chi connectivity index (χ1) is 4.33. The zero-order valence-corrected chi connectivity index (χ0v) is 5.64. The van der Waals surface area contributed by atoms with Crippen molar-refractivity contribution < 1.29 is 0 Å². The smallest absolute Gasteiger partial charge is 0.0204 e. The molecule has 0 aromatic carbocycles. The quantitative estimate of drug-likeness (QED) is 0.490. The van der Waals surface area contributed by atoms with E-state index in [1.54, 1.807) is 0 Å². The third kappa shape index (κ3) is 0.775. The molecule has 2 aliphatic rings. The van der Waals surface area contributed by atoms with E-state index in [1.807, 2.05) is 0 Å². The molecule has 1 aliphatic heterocycles. The van der Waals surface area contributed by atoms with E-state index in [-0.39, 0.29) is 0 Å². The predicted octanol–water partition coefficient (Wildman–Crippen LogP) is 0.102. The maximum absolute atomic E-state index is 5.92. The minimum Gasteiger partial charge on any atom is -0.327 e. The highest BCUT2D eigenvalue weighted by Gasteiger charge is 2.48. The molecule has 1 unspecified atom stereocenters. The fourth-order valence-corrected chi connectivity index (χ4v) is 1.64. The van der Waals surface area contributed by atoms with Gasteiger partial charge < -0.3 is 5.73 Å². The van der Waals surface area contributed by atoms with Gasteiger partial charge in [-0.1, -0.05) is 0 Å². The van der Waals surface area contributed by atoms with Crippen molar-refractivity contribution in [3.8, 4) is 0 Å². The van der Waals surface area contributed by atoms with Crippen LogP contribution in [0.15, 0.2) is 0 Å². The average molecular weight is 125 g/mol. The van der Waals surface area contributed by atoms with Crippen LogP contribution < -0.4 is 11.1 Å². The lowest BCUT2D eigenvalue weighted by Crippen LogP contribution is -2.43. The van der Waals surface area contributed by atoms with Crippen LogP contribution in [0, 0.1) is 5.41 Å². The Hall–Kier alpha value is -0.0800. The van der Waals surface area contributed by atoms with Crippen molar-refractivity contribution in [3.63, 3.8) is 0 Å². The van der Waals surface area contributed by atoms with Gasteiger partial charge in [-0.15, -0.1) is 0 Å². The summed E-state index contributed by atoms with van der Waals surface area (Å²) in [5, 5.41) is 4.36. The van der Waals surface area contributed by atoms with Crippen LogP contribution in [0.1, 0.15) is 19.3 Å². The van der Waals surface area contributed by atoms with Crippen LogP contribution in [-0.4, -0.2) is 19.1 Å². The molecule has 1 radical (unpaired) electrons. The van der Waals surface area contributed by atoms with Gasteiger partial charge in [-0.25, -0.2) is 5.32 Å². The van der Waals surface area contributed by atoms with Gasteiger partial charge in [0.15, 0.2) is 0 Å². The third-order valence-electron chi connectivity index (χ3n) is 2.70. The molecule has 0 aromatic heterocycles. The van der Waals surface area contributed by atoms with Gasteiger partial charge in [0.05, 0.1) is 0 Å². The van der Waals surface area contributed by atoms with Crippen LogP contribution in [0.3, 0.4) is 0 Å². The Balaban J connectivity index is 2.03. The average Bonchev–Trinajstić information content (AvgIpc) is 2.60. The van der Waals surface area contributed by atoms with Crippen LogP contribution in [0.2, 0.25) is 0 Å². The summed E-state index contributed by atoms with van der Waals surface area (Å²) in [6, 6.07) is 0.468. The van der Waals surface area contributed by atoms with E-state index in [9.17, 15) is 0 Å². The van der Waals surface area contributed by atoms with Crippen LogP contribution in [0.4, 0.5) is 0 Å². The summed E-state index contributed by atoms with van der Waals surface area (Å²) in [6.07, 6.45) is 3.79. The van der Waals surface area contributed by atoms with Crippen molar-refractivity contribution in [2.75, 3.05) is 13.1 Å². The van der Waals surface area contributed by atoms with Crippen molar-refractivity contribution in [2.24, 2.45) is 11.1 Å². The normalized spacial score (nSPS) is 39.0. The highest BCUT2D eigenvalue weighted by atomic mass is 15.0. The first-order valence-electron chi connectivity index (χ1n) is 3.72. The predicted molar refractivity (Wildman–Crippen MR) is 36.1 cm³/mol. The summed E-state index contributed by atoms with van der Waals surface area (Å²) >= 11 is 0. The molecule has 51 valence electrons. The summed E-state index contributed by atoms with van der Waals surface area (Å²) in [5.74, 6) is 0. The van der Waals surface area contributed by atoms with Gasteiger partial charge in [-0.05, 0) is 24.7 Å². The SMILES string of the molecule is NC1CC[N]CC12CC2. The Morgan fingerprint density at radius 2 is 2.22 bits per heavy atom. The standard InChI is InChI=1S/C7H13N2/c8-6-1-4-9-5-7(6)2-3-7/h6H,1-5,8H2. The fourth-order valence-electron chi connectivity index (χ4n) is 1.64. The van der Waals surface area contributed by atoms with Crippen LogP contribution in [0.25, 0.3) is 0 Å². The molecule has 9 heavy (non-hydrogen) atoms. The monoisotopic (exact) mass is 125 g/mol. The van der Waals surface area contributed by atoms with E-state index >= 15 is 0 Å². The first kappa shape index (κ1) is 5.69. The molecule has 1 heterocycles. The molecule has 2 nitrogen and oxygen atoms in total. The molecule has 1 saturated heterocycles. The number of piperidine rings is 1. The van der Waals surface area contributed by atoms with Crippen LogP contribution in [0.5, 0.6) is 0 Å². The molecule has 2 rings (SSSR count). The molecular formula is C7H13N2. The summed E-state index contributed by atoms with van der Waals surface area (Å²) < 4.78 is 0. The van der Waals surface area contributed by atoms with Gasteiger partial charge in [0.1, 0.15) is 0 Å². The first-order valence-corrected chi connectivity index (χ1v) is 3.72. The molecular weight excluding hydrogens is 112 g/mol. The summed E-state index contributed by atoms with van der Waals surface area (Å²) in [5.41, 5.74) is 6.41. The van der Waals surface area contributed by atoms with E-state index in [2.05, 4.69) is 5.32 Å². The summed E-state index contributed by atoms with van der Waals surface area (Å²) in [6.45, 7) is 2.05. The second-order valence-electron chi connectivity index (χ2n) is 3.36. The molecule has 0 aromatic rings. The minimum absolute atomic E-state index is 0.468. The molecule has 1 spiro atoms. The number of nitrogens with two attached hydrogens (primary N) is 1. The molecule has 1 atom stereocenters. The summed E-state index contributed by atoms with van der Waals surface area (Å²) in [4.78, 5) is 0.